The molecule has 12 heteroatoms. The second kappa shape index (κ2) is 17.8. The van der Waals surface area contributed by atoms with E-state index in [0.717, 1.165) is 38.2 Å². The molecule has 0 aliphatic carbocycles. The van der Waals surface area contributed by atoms with E-state index in [2.05, 4.69) is 6.92 Å². The molecule has 0 spiro atoms. The first-order chi connectivity index (χ1) is 22.1. The first-order valence-electron chi connectivity index (χ1n) is 16.9. The van der Waals surface area contributed by atoms with Crippen molar-refractivity contribution in [1.82, 2.24) is 4.90 Å². The number of nitrogens with zero attached hydrogens (tertiary/aromatic N) is 3. The third kappa shape index (κ3) is 9.32. The van der Waals surface area contributed by atoms with E-state index < -0.39 is 44.7 Å². The lowest BCUT2D eigenvalue weighted by molar-refractivity contribution is -0.395. The van der Waals surface area contributed by atoms with E-state index >= 15 is 0 Å². The van der Waals surface area contributed by atoms with Crippen LogP contribution in [0.1, 0.15) is 136 Å². The topological polar surface area (TPSA) is 173 Å². The molecule has 0 radical (unpaired) electrons. The van der Waals surface area contributed by atoms with Crippen molar-refractivity contribution in [2.24, 2.45) is 0 Å². The predicted molar refractivity (Wildman–Crippen MR) is 181 cm³/mol. The molecule has 1 aromatic rings. The van der Waals surface area contributed by atoms with Crippen molar-refractivity contribution in [3.63, 3.8) is 0 Å². The van der Waals surface area contributed by atoms with Gasteiger partial charge in [-0.2, -0.15) is 0 Å². The zero-order valence-corrected chi connectivity index (χ0v) is 29.1. The molecule has 0 unspecified atom stereocenters. The van der Waals surface area contributed by atoms with Gasteiger partial charge in [0.15, 0.2) is 0 Å². The van der Waals surface area contributed by atoms with Gasteiger partial charge in [0.25, 0.3) is 5.69 Å². The van der Waals surface area contributed by atoms with Crippen molar-refractivity contribution >= 4 is 23.3 Å². The highest BCUT2D eigenvalue weighted by Gasteiger charge is 2.53. The molecular formula is C35H53N3O9. The summed E-state index contributed by atoms with van der Waals surface area (Å²) in [5, 5.41) is 45.9. The zero-order chi connectivity index (χ0) is 35.5. The Morgan fingerprint density at radius 3 is 1.57 bits per heavy atom. The van der Waals surface area contributed by atoms with Crippen LogP contribution in [0.4, 0.5) is 11.4 Å². The van der Waals surface area contributed by atoms with Gasteiger partial charge in [-0.25, -0.2) is 9.59 Å². The Morgan fingerprint density at radius 2 is 1.21 bits per heavy atom. The fraction of sp³-hybridized carbons (Fsp3) is 0.657. The van der Waals surface area contributed by atoms with E-state index in [1.54, 1.807) is 13.8 Å². The van der Waals surface area contributed by atoms with Crippen molar-refractivity contribution in [2.45, 2.75) is 143 Å². The highest BCUT2D eigenvalue weighted by Crippen LogP contribution is 2.54. The molecule has 1 aliphatic heterocycles. The molecule has 0 saturated heterocycles. The summed E-state index contributed by atoms with van der Waals surface area (Å²) in [6.45, 7) is 9.85. The number of nitro benzene ring substituents is 2. The molecule has 0 amide bonds. The Labute approximate surface area is 278 Å². The summed E-state index contributed by atoms with van der Waals surface area (Å²) < 4.78 is 6.00. The zero-order valence-electron chi connectivity index (χ0n) is 29.1. The number of hydrogen-bond donors (Lipinski definition) is 2. The van der Waals surface area contributed by atoms with E-state index in [1.165, 1.54) is 77.7 Å². The number of benzene rings is 1. The number of hydrogen-bond acceptors (Lipinski definition) is 8. The van der Waals surface area contributed by atoms with Crippen molar-refractivity contribution < 1.29 is 34.4 Å². The summed E-state index contributed by atoms with van der Waals surface area (Å²) in [5.74, 6) is -3.25. The Bertz CT molecular complexity index is 1340. The predicted octanol–water partition coefficient (Wildman–Crippen LogP) is 8.84. The van der Waals surface area contributed by atoms with E-state index in [-0.39, 0.29) is 45.8 Å². The number of rotatable bonds is 21. The average Bonchev–Trinajstić information content (AvgIpc) is 2.97. The fourth-order valence-electron chi connectivity index (χ4n) is 6.85. The summed E-state index contributed by atoms with van der Waals surface area (Å²) in [4.78, 5) is 50.6. The maximum absolute atomic E-state index is 12.9. The second-order valence-electron chi connectivity index (χ2n) is 13.0. The first-order valence-corrected chi connectivity index (χ1v) is 16.9. The lowest BCUT2D eigenvalue weighted by Crippen LogP contribution is -2.44. The third-order valence-corrected chi connectivity index (χ3v) is 9.28. The maximum Gasteiger partial charge on any atom is 0.334 e. The van der Waals surface area contributed by atoms with Gasteiger partial charge in [-0.05, 0) is 47.5 Å². The van der Waals surface area contributed by atoms with Gasteiger partial charge in [-0.3, -0.25) is 20.2 Å². The minimum Gasteiger partial charge on any atom is -0.484 e. The van der Waals surface area contributed by atoms with Gasteiger partial charge in [0, 0.05) is 29.6 Å². The molecule has 0 atom stereocenters. The Morgan fingerprint density at radius 1 is 0.809 bits per heavy atom. The van der Waals surface area contributed by atoms with Gasteiger partial charge in [-0.1, -0.05) is 84.0 Å². The largest absolute Gasteiger partial charge is 0.484 e. The third-order valence-electron chi connectivity index (χ3n) is 9.28. The van der Waals surface area contributed by atoms with Gasteiger partial charge in [-0.15, -0.1) is 0 Å². The average molecular weight is 660 g/mol. The highest BCUT2D eigenvalue weighted by atomic mass is 16.6. The molecule has 2 rings (SSSR count). The summed E-state index contributed by atoms with van der Waals surface area (Å²) in [6, 6.07) is 0.852. The number of allylic oxidation sites excluding steroid dienone is 2. The molecule has 12 nitrogen and oxygen atoms in total. The maximum atomic E-state index is 12.9. The molecular weight excluding hydrogens is 606 g/mol. The fourth-order valence-corrected chi connectivity index (χ4v) is 6.85. The van der Waals surface area contributed by atoms with Crippen LogP contribution in [0.3, 0.4) is 0 Å². The molecule has 1 aliphatic rings. The lowest BCUT2D eigenvalue weighted by Gasteiger charge is -2.42. The van der Waals surface area contributed by atoms with Crippen LogP contribution in [0.5, 0.6) is 5.75 Å². The molecule has 2 N–H and O–H groups in total. The number of ether oxygens (including phenoxy) is 1. The minimum atomic E-state index is -2.04. The molecule has 0 bridgehead atoms. The van der Waals surface area contributed by atoms with Gasteiger partial charge in [0.2, 0.25) is 5.75 Å². The summed E-state index contributed by atoms with van der Waals surface area (Å²) in [5.41, 5.74) is -3.72. The Kier molecular flexibility index (Phi) is 14.9. The van der Waals surface area contributed by atoms with Crippen molar-refractivity contribution in [3.05, 3.63) is 60.0 Å². The van der Waals surface area contributed by atoms with E-state index in [0.29, 0.717) is 6.42 Å². The van der Waals surface area contributed by atoms with Crippen molar-refractivity contribution in [1.29, 1.82) is 0 Å². The van der Waals surface area contributed by atoms with Crippen LogP contribution in [0.15, 0.2) is 28.6 Å². The van der Waals surface area contributed by atoms with E-state index in [1.807, 2.05) is 0 Å². The van der Waals surface area contributed by atoms with Crippen LogP contribution in [0.2, 0.25) is 0 Å². The minimum absolute atomic E-state index is 0.0458. The van der Waals surface area contributed by atoms with Crippen LogP contribution in [0.25, 0.3) is 0 Å². The number of aliphatic carboxylic acids is 2. The quantitative estimate of drug-likeness (QED) is 0.0737. The van der Waals surface area contributed by atoms with Gasteiger partial charge >= 0.3 is 17.6 Å². The molecule has 262 valence electrons. The summed E-state index contributed by atoms with van der Waals surface area (Å²) >= 11 is 0. The smallest absolute Gasteiger partial charge is 0.334 e. The summed E-state index contributed by atoms with van der Waals surface area (Å²) in [7, 11) is 1.53. The van der Waals surface area contributed by atoms with E-state index in [9.17, 15) is 40.0 Å². The number of nitro groups is 2. The number of unbranched alkanes of at least 4 members (excludes halogenated alkanes) is 12. The van der Waals surface area contributed by atoms with Crippen molar-refractivity contribution in [2.75, 3.05) is 7.05 Å². The number of carbonyl (C=O) groups is 2. The van der Waals surface area contributed by atoms with Crippen LogP contribution >= 0.6 is 0 Å². The lowest BCUT2D eigenvalue weighted by atomic mass is 9.64. The van der Waals surface area contributed by atoms with Crippen molar-refractivity contribution in [3.8, 4) is 5.75 Å². The van der Waals surface area contributed by atoms with Gasteiger partial charge in [0.05, 0.1) is 38.6 Å². The standard InChI is InChI=1S/C35H53N3O9/c1-8-9-10-11-12-13-14-15-16-17-18-19-20-21-26-27(37(43)44)22-28(38(45)46)32(47-23(2)3)31(26)35(6)29(33(39)40)24(4)36(7)25(5)30(35)34(41)42/h22-23H,8-21H2,1-7H3,(H,39,40)(H,41,42). The van der Waals surface area contributed by atoms with E-state index in [4.69, 9.17) is 4.74 Å². The highest BCUT2D eigenvalue weighted by molar-refractivity contribution is 6.01. The van der Waals surface area contributed by atoms with Gasteiger partial charge < -0.3 is 19.8 Å². The summed E-state index contributed by atoms with van der Waals surface area (Å²) in [6.07, 6.45) is 13.6. The molecule has 1 heterocycles. The van der Waals surface area contributed by atoms with Crippen LogP contribution in [-0.2, 0) is 21.4 Å². The Balaban J connectivity index is 2.59. The van der Waals surface area contributed by atoms with Crippen LogP contribution in [0, 0.1) is 20.2 Å². The molecule has 0 aromatic heterocycles. The van der Waals surface area contributed by atoms with Crippen LogP contribution < -0.4 is 4.74 Å². The monoisotopic (exact) mass is 659 g/mol. The number of carboxylic acid groups (broad SMARTS) is 2. The Hall–Kier alpha value is -3.96. The van der Waals surface area contributed by atoms with Gasteiger partial charge in [0.1, 0.15) is 0 Å². The first kappa shape index (κ1) is 39.2. The molecule has 1 aromatic carbocycles. The molecule has 0 saturated carbocycles. The molecule has 0 fully saturated rings. The number of carboxylic acids is 2. The second-order valence-corrected chi connectivity index (χ2v) is 13.0. The normalized spacial score (nSPS) is 14.6. The SMILES string of the molecule is CCCCCCCCCCCCCCCc1c([N+](=O)[O-])cc([N+](=O)[O-])c(OC(C)C)c1C1(C)C(C(=O)O)=C(C)N(C)C(C)=C1C(=O)O. The molecule has 47 heavy (non-hydrogen) atoms. The van der Waals surface area contributed by atoms with Crippen LogP contribution in [-0.4, -0.2) is 50.0 Å².